The second-order valence-electron chi connectivity index (χ2n) is 6.69. The van der Waals surface area contributed by atoms with Crippen LogP contribution in [0.3, 0.4) is 0 Å². The van der Waals surface area contributed by atoms with Gasteiger partial charge in [-0.2, -0.15) is 0 Å². The normalized spacial score (nSPS) is 13.5. The molecule has 0 amide bonds. The van der Waals surface area contributed by atoms with E-state index in [1.165, 1.54) is 23.9 Å². The predicted molar refractivity (Wildman–Crippen MR) is 101 cm³/mol. The number of ether oxygens (including phenoxy) is 1. The highest BCUT2D eigenvalue weighted by atomic mass is 16.5. The minimum atomic E-state index is -0.358. The molecule has 0 aliphatic heterocycles. The van der Waals surface area contributed by atoms with E-state index in [4.69, 9.17) is 4.74 Å². The molecule has 4 rings (SSSR count). The number of aromatic nitrogens is 1. The molecular formula is C21H22N2O3. The van der Waals surface area contributed by atoms with E-state index in [1.807, 2.05) is 18.2 Å². The minimum Gasteiger partial charge on any atom is -0.465 e. The van der Waals surface area contributed by atoms with Gasteiger partial charge in [0.25, 0.3) is 0 Å². The quantitative estimate of drug-likeness (QED) is 0.548. The topological polar surface area (TPSA) is 63.5 Å². The van der Waals surface area contributed by atoms with Gasteiger partial charge in [-0.3, -0.25) is 10.7 Å². The van der Waals surface area contributed by atoms with Crippen molar-refractivity contribution >= 4 is 22.6 Å². The molecule has 1 aromatic heterocycles. The molecule has 1 aliphatic rings. The summed E-state index contributed by atoms with van der Waals surface area (Å²) >= 11 is 0. The number of carbonyl (C=O) groups excluding carboxylic acids is 1. The van der Waals surface area contributed by atoms with Crippen molar-refractivity contribution in [1.29, 1.82) is 0 Å². The van der Waals surface area contributed by atoms with Gasteiger partial charge < -0.3 is 9.30 Å². The molecule has 0 spiro atoms. The number of methoxy groups -OCH3 is 1. The molecule has 1 aliphatic carbocycles. The third-order valence-electron chi connectivity index (χ3n) is 5.22. The molecule has 0 unspecified atom stereocenters. The van der Waals surface area contributed by atoms with Crippen LogP contribution >= 0.6 is 0 Å². The first kappa shape index (κ1) is 16.7. The summed E-state index contributed by atoms with van der Waals surface area (Å²) in [5, 5.41) is 10.6. The number of anilines is 1. The number of benzene rings is 2. The fraction of sp³-hybridized carbons (Fsp3) is 0.286. The van der Waals surface area contributed by atoms with Crippen LogP contribution in [0.4, 0.5) is 5.69 Å². The third kappa shape index (κ3) is 2.65. The number of fused-ring (bicyclic) bond motifs is 3. The van der Waals surface area contributed by atoms with Gasteiger partial charge in [-0.15, -0.1) is 0 Å². The van der Waals surface area contributed by atoms with Crippen molar-refractivity contribution in [2.24, 2.45) is 0 Å². The summed E-state index contributed by atoms with van der Waals surface area (Å²) in [7, 11) is 1.40. The van der Waals surface area contributed by atoms with Crippen LogP contribution in [0.25, 0.3) is 10.9 Å². The first-order valence-electron chi connectivity index (χ1n) is 8.94. The molecule has 26 heavy (non-hydrogen) atoms. The number of hydrogen-bond donors (Lipinski definition) is 2. The van der Waals surface area contributed by atoms with Crippen LogP contribution in [0, 0.1) is 0 Å². The van der Waals surface area contributed by atoms with Crippen molar-refractivity contribution < 1.29 is 14.7 Å². The maximum atomic E-state index is 12.4. The molecule has 0 saturated carbocycles. The first-order valence-corrected chi connectivity index (χ1v) is 8.94. The maximum absolute atomic E-state index is 12.4. The van der Waals surface area contributed by atoms with Gasteiger partial charge in [-0.1, -0.05) is 30.3 Å². The minimum absolute atomic E-state index is 0.358. The average Bonchev–Trinajstić information content (AvgIpc) is 3.02. The lowest BCUT2D eigenvalue weighted by atomic mass is 9.94. The Morgan fingerprint density at radius 2 is 1.92 bits per heavy atom. The maximum Gasteiger partial charge on any atom is 0.340 e. The summed E-state index contributed by atoms with van der Waals surface area (Å²) in [6.45, 7) is 0.686. The predicted octanol–water partition coefficient (Wildman–Crippen LogP) is 4.16. The summed E-state index contributed by atoms with van der Waals surface area (Å²) in [4.78, 5) is 12.4. The summed E-state index contributed by atoms with van der Waals surface area (Å²) in [5.74, 6) is -0.358. The van der Waals surface area contributed by atoms with Crippen molar-refractivity contribution in [3.8, 4) is 0 Å². The Morgan fingerprint density at radius 3 is 2.65 bits per heavy atom. The number of carbonyl (C=O) groups is 1. The molecule has 3 aromatic rings. The molecule has 0 atom stereocenters. The van der Waals surface area contributed by atoms with Crippen molar-refractivity contribution in [2.75, 3.05) is 12.6 Å². The Labute approximate surface area is 152 Å². The molecule has 0 fully saturated rings. The zero-order chi connectivity index (χ0) is 18.1. The second-order valence-corrected chi connectivity index (χ2v) is 6.69. The molecule has 5 nitrogen and oxygen atoms in total. The highest BCUT2D eigenvalue weighted by molar-refractivity contribution is 6.09. The van der Waals surface area contributed by atoms with Crippen LogP contribution in [-0.2, 0) is 24.1 Å². The summed E-state index contributed by atoms with van der Waals surface area (Å²) in [6.07, 6.45) is 4.17. The number of esters is 1. The largest absolute Gasteiger partial charge is 0.465 e. The molecule has 0 radical (unpaired) electrons. The van der Waals surface area contributed by atoms with Gasteiger partial charge >= 0.3 is 5.97 Å². The van der Waals surface area contributed by atoms with Gasteiger partial charge in [0.05, 0.1) is 23.9 Å². The highest BCUT2D eigenvalue weighted by Crippen LogP contribution is 2.38. The Bertz CT molecular complexity index is 961. The van der Waals surface area contributed by atoms with E-state index >= 15 is 0 Å². The average molecular weight is 350 g/mol. The van der Waals surface area contributed by atoms with E-state index in [9.17, 15) is 10.0 Å². The Balaban J connectivity index is 2.03. The fourth-order valence-corrected chi connectivity index (χ4v) is 4.08. The highest BCUT2D eigenvalue weighted by Gasteiger charge is 2.26. The van der Waals surface area contributed by atoms with Gasteiger partial charge in [0, 0.05) is 17.6 Å². The molecule has 0 saturated heterocycles. The molecular weight excluding hydrogens is 328 g/mol. The number of aryl methyl sites for hydroxylation is 1. The van der Waals surface area contributed by atoms with E-state index < -0.39 is 0 Å². The number of hydrogen-bond acceptors (Lipinski definition) is 4. The Morgan fingerprint density at radius 1 is 1.15 bits per heavy atom. The van der Waals surface area contributed by atoms with Crippen molar-refractivity contribution in [3.63, 3.8) is 0 Å². The lowest BCUT2D eigenvalue weighted by Crippen LogP contribution is -2.11. The zero-order valence-electron chi connectivity index (χ0n) is 14.8. The van der Waals surface area contributed by atoms with E-state index in [-0.39, 0.29) is 5.97 Å². The molecule has 134 valence electrons. The van der Waals surface area contributed by atoms with Crippen LogP contribution < -0.4 is 5.48 Å². The zero-order valence-corrected chi connectivity index (χ0v) is 14.8. The number of nitrogens with one attached hydrogen (secondary N) is 1. The lowest BCUT2D eigenvalue weighted by molar-refractivity contribution is 0.0602. The van der Waals surface area contributed by atoms with Crippen molar-refractivity contribution in [1.82, 2.24) is 4.57 Å². The lowest BCUT2D eigenvalue weighted by Gasteiger charge is -2.16. The first-order chi connectivity index (χ1) is 12.7. The van der Waals surface area contributed by atoms with E-state index in [0.717, 1.165) is 36.6 Å². The van der Waals surface area contributed by atoms with Gasteiger partial charge in [-0.25, -0.2) is 4.79 Å². The Kier molecular flexibility index (Phi) is 4.39. The summed E-state index contributed by atoms with van der Waals surface area (Å²) < 4.78 is 7.25. The molecule has 1 heterocycles. The monoisotopic (exact) mass is 350 g/mol. The van der Waals surface area contributed by atoms with E-state index in [1.54, 1.807) is 12.1 Å². The number of rotatable bonds is 4. The van der Waals surface area contributed by atoms with Crippen LogP contribution in [-0.4, -0.2) is 22.9 Å². The fourth-order valence-electron chi connectivity index (χ4n) is 4.08. The second kappa shape index (κ2) is 6.84. The van der Waals surface area contributed by atoms with Gasteiger partial charge in [0.2, 0.25) is 0 Å². The van der Waals surface area contributed by atoms with Crippen molar-refractivity contribution in [3.05, 3.63) is 64.8 Å². The van der Waals surface area contributed by atoms with Crippen LogP contribution in [0.15, 0.2) is 42.5 Å². The van der Waals surface area contributed by atoms with E-state index in [2.05, 4.69) is 22.2 Å². The van der Waals surface area contributed by atoms with Gasteiger partial charge in [0.1, 0.15) is 0 Å². The van der Waals surface area contributed by atoms with Gasteiger partial charge in [-0.05, 0) is 48.9 Å². The summed E-state index contributed by atoms with van der Waals surface area (Å²) in [6, 6.07) is 13.7. The van der Waals surface area contributed by atoms with Crippen LogP contribution in [0.5, 0.6) is 0 Å². The SMILES string of the molecule is COC(=O)c1ccc(NO)c2c3c(n(Cc4ccccc4)c12)CCCC3. The van der Waals surface area contributed by atoms with Crippen LogP contribution in [0.1, 0.15) is 40.0 Å². The molecule has 5 heteroatoms. The molecule has 2 N–H and O–H groups in total. The standard InChI is InChI=1S/C21H22N2O3/c1-26-21(24)16-11-12-17(22-25)19-15-9-5-6-10-18(15)23(20(16)19)13-14-7-3-2-4-8-14/h2-4,7-8,11-12,22,25H,5-6,9-10,13H2,1H3. The number of nitrogens with zero attached hydrogens (tertiary/aromatic N) is 1. The van der Waals surface area contributed by atoms with Crippen molar-refractivity contribution in [2.45, 2.75) is 32.2 Å². The summed E-state index contributed by atoms with van der Waals surface area (Å²) in [5.41, 5.74) is 7.98. The van der Waals surface area contributed by atoms with E-state index in [0.29, 0.717) is 17.8 Å². The molecule has 0 bridgehead atoms. The molecule has 2 aromatic carbocycles. The smallest absolute Gasteiger partial charge is 0.340 e. The third-order valence-corrected chi connectivity index (χ3v) is 5.22. The van der Waals surface area contributed by atoms with Gasteiger partial charge in [0.15, 0.2) is 0 Å². The Hall–Kier alpha value is -2.79. The van der Waals surface area contributed by atoms with Crippen LogP contribution in [0.2, 0.25) is 0 Å².